The van der Waals surface area contributed by atoms with Gasteiger partial charge in [-0.2, -0.15) is 0 Å². The van der Waals surface area contributed by atoms with Crippen LogP contribution in [-0.2, 0) is 4.79 Å². The molecule has 0 spiro atoms. The number of hydrogen-bond donors (Lipinski definition) is 6. The number of aliphatic imine (C=N–C) groups is 2. The third-order valence-corrected chi connectivity index (χ3v) is 11.3. The molecule has 0 saturated heterocycles. The van der Waals surface area contributed by atoms with Crippen LogP contribution < -0.4 is 37.4 Å². The molecule has 5 aromatic rings. The van der Waals surface area contributed by atoms with Crippen LogP contribution in [0.1, 0.15) is 63.3 Å². The minimum absolute atomic E-state index is 0.0146. The van der Waals surface area contributed by atoms with E-state index in [1.807, 2.05) is 0 Å². The molecule has 0 saturated carbocycles. The summed E-state index contributed by atoms with van der Waals surface area (Å²) in [4.78, 5) is 42.8. The van der Waals surface area contributed by atoms with Gasteiger partial charge in [0.25, 0.3) is 0 Å². The van der Waals surface area contributed by atoms with E-state index in [0.717, 1.165) is 83.1 Å². The van der Waals surface area contributed by atoms with Gasteiger partial charge in [-0.15, -0.1) is 0 Å². The summed E-state index contributed by atoms with van der Waals surface area (Å²) in [6.07, 6.45) is 28.2. The van der Waals surface area contributed by atoms with Crippen LogP contribution in [0.25, 0.3) is 42.5 Å². The van der Waals surface area contributed by atoms with Crippen LogP contribution in [0.5, 0.6) is 0 Å². The van der Waals surface area contributed by atoms with E-state index < -0.39 is 5.92 Å². The first-order valence-electron chi connectivity index (χ1n) is 17.9. The Balaban J connectivity index is 1.12. The first-order chi connectivity index (χ1) is 25.5. The molecular formula is C43H32N8O. The van der Waals surface area contributed by atoms with Gasteiger partial charge in [-0.1, -0.05) is 18.2 Å². The molecule has 10 heterocycles. The van der Waals surface area contributed by atoms with Gasteiger partial charge in [0.15, 0.2) is 0 Å². The van der Waals surface area contributed by atoms with E-state index in [4.69, 9.17) is 9.98 Å². The van der Waals surface area contributed by atoms with E-state index in [9.17, 15) is 4.79 Å². The Labute approximate surface area is 296 Å². The van der Waals surface area contributed by atoms with Gasteiger partial charge in [0, 0.05) is 72.9 Å². The fraction of sp³-hybridized carbons (Fsp3) is 0.140. The molecule has 0 amide bonds. The summed E-state index contributed by atoms with van der Waals surface area (Å²) in [6.45, 7) is 0. The van der Waals surface area contributed by atoms with E-state index >= 15 is 0 Å². The fourth-order valence-electron chi connectivity index (χ4n) is 9.19. The van der Waals surface area contributed by atoms with Crippen molar-refractivity contribution in [1.29, 1.82) is 0 Å². The van der Waals surface area contributed by atoms with Crippen LogP contribution in [0.2, 0.25) is 0 Å². The number of fused-ring (bicyclic) bond motifs is 16. The van der Waals surface area contributed by atoms with Gasteiger partial charge in [-0.25, -0.2) is 0 Å². The molecule has 0 fully saturated rings. The molecule has 9 nitrogen and oxygen atoms in total. The maximum absolute atomic E-state index is 14.4. The van der Waals surface area contributed by atoms with Crippen molar-refractivity contribution in [1.82, 2.24) is 30.2 Å². The van der Waals surface area contributed by atoms with Gasteiger partial charge in [0.2, 0.25) is 0 Å². The normalized spacial score (nSPS) is 26.4. The molecule has 5 unspecified atom stereocenters. The monoisotopic (exact) mass is 676 g/mol. The molecule has 9 heteroatoms. The van der Waals surface area contributed by atoms with E-state index in [1.165, 1.54) is 11.1 Å². The Hall–Kier alpha value is -6.61. The molecule has 5 aromatic heterocycles. The molecule has 3 aliphatic carbocycles. The minimum Gasteiger partial charge on any atom is -0.376 e. The SMILES string of the molecule is O=C1CC2c3c(c4[nH]c3=Cc3ccc([nH]3)/C=c3/cc/c([nH]3)=C/C3C=CC(=N3)C=4)C1c1c2c2[nH]c1=CC1=NC(C=C1)C1C=CC(=Cc3ccc([nH]3)C=2)N1. The number of rotatable bonds is 0. The number of nitrogens with zero attached hydrogens (tertiary/aromatic N) is 2. The van der Waals surface area contributed by atoms with Crippen LogP contribution in [0, 0.1) is 0 Å². The predicted molar refractivity (Wildman–Crippen MR) is 204 cm³/mol. The number of Topliss-reactive ketones (excluding diaryl/α,β-unsaturated/α-hetero) is 1. The van der Waals surface area contributed by atoms with E-state index in [2.05, 4.69) is 146 Å². The Kier molecular flexibility index (Phi) is 5.53. The maximum atomic E-state index is 14.4. The van der Waals surface area contributed by atoms with E-state index in [1.54, 1.807) is 0 Å². The van der Waals surface area contributed by atoms with Crippen molar-refractivity contribution in [3.05, 3.63) is 156 Å². The van der Waals surface area contributed by atoms with E-state index in [0.29, 0.717) is 6.42 Å². The van der Waals surface area contributed by atoms with Crippen molar-refractivity contribution in [2.24, 2.45) is 9.98 Å². The van der Waals surface area contributed by atoms with Gasteiger partial charge in [-0.05, 0) is 119 Å². The van der Waals surface area contributed by atoms with Gasteiger partial charge in [0.1, 0.15) is 5.78 Å². The second-order valence-electron chi connectivity index (χ2n) is 14.6. The van der Waals surface area contributed by atoms with Crippen molar-refractivity contribution >= 4 is 59.7 Å². The number of allylic oxidation sites excluding steroid dienone is 3. The molecule has 5 aliphatic heterocycles. The van der Waals surface area contributed by atoms with Crippen molar-refractivity contribution < 1.29 is 4.79 Å². The Bertz CT molecular complexity index is 3030. The summed E-state index contributed by atoms with van der Waals surface area (Å²) in [5.41, 5.74) is 11.3. The lowest BCUT2D eigenvalue weighted by Crippen LogP contribution is -2.39. The summed E-state index contributed by atoms with van der Waals surface area (Å²) in [5, 5.41) is 9.55. The van der Waals surface area contributed by atoms with Crippen molar-refractivity contribution in [3.8, 4) is 0 Å². The topological polar surface area (TPSA) is 133 Å². The highest BCUT2D eigenvalue weighted by Gasteiger charge is 2.47. The maximum Gasteiger partial charge on any atom is 0.145 e. The molecule has 6 N–H and O–H groups in total. The largest absolute Gasteiger partial charge is 0.376 e. The minimum atomic E-state index is -0.436. The molecule has 250 valence electrons. The molecule has 0 radical (unpaired) electrons. The van der Waals surface area contributed by atoms with Crippen LogP contribution in [0.15, 0.2) is 88.5 Å². The molecule has 0 aromatic carbocycles. The highest BCUT2D eigenvalue weighted by molar-refractivity contribution is 6.19. The number of hydrogen-bond acceptors (Lipinski definition) is 4. The average Bonchev–Trinajstić information content (AvgIpc) is 3.97. The van der Waals surface area contributed by atoms with Crippen molar-refractivity contribution in [2.45, 2.75) is 36.4 Å². The van der Waals surface area contributed by atoms with Gasteiger partial charge >= 0.3 is 0 Å². The summed E-state index contributed by atoms with van der Waals surface area (Å²) >= 11 is 0. The van der Waals surface area contributed by atoms with Crippen LogP contribution in [0.3, 0.4) is 0 Å². The Morgan fingerprint density at radius 1 is 0.558 bits per heavy atom. The van der Waals surface area contributed by atoms with Crippen molar-refractivity contribution in [2.75, 3.05) is 0 Å². The Morgan fingerprint density at radius 2 is 1.19 bits per heavy atom. The predicted octanol–water partition coefficient (Wildman–Crippen LogP) is 1.36. The van der Waals surface area contributed by atoms with Crippen LogP contribution in [0.4, 0.5) is 0 Å². The number of aromatic nitrogens is 5. The number of H-pyrrole nitrogens is 5. The lowest BCUT2D eigenvalue weighted by molar-refractivity contribution is -0.120. The lowest BCUT2D eigenvalue weighted by Gasteiger charge is -2.35. The second-order valence-corrected chi connectivity index (χ2v) is 14.6. The number of ketones is 1. The lowest BCUT2D eigenvalue weighted by atomic mass is 9.64. The second kappa shape index (κ2) is 10.2. The van der Waals surface area contributed by atoms with Crippen LogP contribution in [-0.4, -0.2) is 60.3 Å². The number of carbonyl (C=O) groups is 1. The zero-order chi connectivity index (χ0) is 34.1. The fourth-order valence-corrected chi connectivity index (χ4v) is 9.19. The summed E-state index contributed by atoms with van der Waals surface area (Å²) in [7, 11) is 0. The van der Waals surface area contributed by atoms with Gasteiger partial charge in [-0.3, -0.25) is 14.8 Å². The van der Waals surface area contributed by atoms with Gasteiger partial charge < -0.3 is 30.2 Å². The molecule has 5 atom stereocenters. The van der Waals surface area contributed by atoms with Crippen LogP contribution >= 0.6 is 0 Å². The van der Waals surface area contributed by atoms with E-state index in [-0.39, 0.29) is 29.8 Å². The molecule has 18 bridgehead atoms. The number of nitrogens with one attached hydrogen (secondary N) is 6. The molecule has 52 heavy (non-hydrogen) atoms. The standard InChI is InChI=1S/C43H32N8O/c52-38-20-31-39-34-16-27-6-3-23(45-27)13-21-1-2-22(44-21)14-24-4-8-29(46-24)18-36(50-34)41(39)43(38)42-37-19-30-10-12-33(49-30)32-11-9-26(48-32)15-25-5-7-28(47-25)17-35(51-37)40(31)42/h1-19,24,31-33,43-45,47-48,50-51H,20H2/b21-13-,22-14-,26-15?,34-16?,35-17?,36-18?,37-19?. The summed E-state index contributed by atoms with van der Waals surface area (Å²) in [5.74, 6) is -0.330. The smallest absolute Gasteiger partial charge is 0.145 e. The average molecular weight is 677 g/mol. The molecule has 13 rings (SSSR count). The molecule has 8 aliphatic rings. The third kappa shape index (κ3) is 4.25. The highest BCUT2D eigenvalue weighted by Crippen LogP contribution is 2.46. The van der Waals surface area contributed by atoms with Gasteiger partial charge in [0.05, 0.1) is 35.5 Å². The van der Waals surface area contributed by atoms with Crippen molar-refractivity contribution in [3.63, 3.8) is 0 Å². The number of carbonyl (C=O) groups excluding carboxylic acids is 1. The first kappa shape index (κ1) is 28.1. The highest BCUT2D eigenvalue weighted by atomic mass is 16.1. The number of aromatic amines is 5. The summed E-state index contributed by atoms with van der Waals surface area (Å²) < 4.78 is 0. The quantitative estimate of drug-likeness (QED) is 0.148. The third-order valence-electron chi connectivity index (χ3n) is 11.3. The Morgan fingerprint density at radius 3 is 1.94 bits per heavy atom. The summed E-state index contributed by atoms with van der Waals surface area (Å²) in [6, 6.07) is 12.6. The molecular weight excluding hydrogens is 645 g/mol. The zero-order valence-electron chi connectivity index (χ0n) is 27.9. The zero-order valence-corrected chi connectivity index (χ0v) is 27.9. The first-order valence-corrected chi connectivity index (χ1v) is 17.9.